The summed E-state index contributed by atoms with van der Waals surface area (Å²) in [5.41, 5.74) is 5.19. The average molecular weight is 389 g/mol. The number of nitrogens with one attached hydrogen (secondary N) is 1. The summed E-state index contributed by atoms with van der Waals surface area (Å²) in [5.74, 6) is 0.434. The van der Waals surface area contributed by atoms with Gasteiger partial charge in [-0.1, -0.05) is 18.2 Å². The molecular formula is C20H28N4O2S. The summed E-state index contributed by atoms with van der Waals surface area (Å²) in [6, 6.07) is 10.4. The molecule has 7 heteroatoms. The lowest BCUT2D eigenvalue weighted by Gasteiger charge is -2.31. The molecule has 4 rings (SSSR count). The van der Waals surface area contributed by atoms with Gasteiger partial charge in [0.15, 0.2) is 0 Å². The molecule has 0 bridgehead atoms. The van der Waals surface area contributed by atoms with Crippen LogP contribution in [-0.4, -0.2) is 49.0 Å². The Morgan fingerprint density at radius 2 is 1.89 bits per heavy atom. The van der Waals surface area contributed by atoms with E-state index in [0.29, 0.717) is 12.5 Å². The van der Waals surface area contributed by atoms with Crippen LogP contribution >= 0.6 is 0 Å². The number of nitrogens with zero attached hydrogens (tertiary/aromatic N) is 3. The molecule has 2 heterocycles. The highest BCUT2D eigenvalue weighted by Gasteiger charge is 2.26. The van der Waals surface area contributed by atoms with Crippen molar-refractivity contribution in [3.63, 3.8) is 0 Å². The first-order valence-corrected chi connectivity index (χ1v) is 11.7. The fraction of sp³-hybridized carbons (Fsp3) is 0.550. The monoisotopic (exact) mass is 388 g/mol. The summed E-state index contributed by atoms with van der Waals surface area (Å²) in [4.78, 5) is 2.47. The third kappa shape index (κ3) is 4.42. The second-order valence-electron chi connectivity index (χ2n) is 7.81. The molecule has 1 N–H and O–H groups in total. The van der Waals surface area contributed by atoms with Crippen molar-refractivity contribution >= 4 is 10.0 Å². The number of para-hydroxylation sites is 1. The van der Waals surface area contributed by atoms with E-state index >= 15 is 0 Å². The SMILES string of the molecule is CS(=O)(=O)NCC1CCN(Cc2nn(-c3ccccc3)c3c2CCC3)CC1. The molecule has 1 saturated heterocycles. The number of piperidine rings is 1. The van der Waals surface area contributed by atoms with Gasteiger partial charge in [0, 0.05) is 18.8 Å². The second-order valence-corrected chi connectivity index (χ2v) is 9.65. The Hall–Kier alpha value is -1.70. The predicted molar refractivity (Wildman–Crippen MR) is 106 cm³/mol. The summed E-state index contributed by atoms with van der Waals surface area (Å²) in [6.45, 7) is 3.46. The van der Waals surface area contributed by atoms with E-state index in [9.17, 15) is 8.42 Å². The average Bonchev–Trinajstić information content (AvgIpc) is 3.25. The highest BCUT2D eigenvalue weighted by Crippen LogP contribution is 2.29. The lowest BCUT2D eigenvalue weighted by Crippen LogP contribution is -2.38. The molecule has 0 atom stereocenters. The van der Waals surface area contributed by atoms with E-state index in [2.05, 4.69) is 38.6 Å². The summed E-state index contributed by atoms with van der Waals surface area (Å²) < 4.78 is 27.3. The van der Waals surface area contributed by atoms with Crippen LogP contribution in [0.5, 0.6) is 0 Å². The highest BCUT2D eigenvalue weighted by molar-refractivity contribution is 7.88. The zero-order valence-corrected chi connectivity index (χ0v) is 16.7. The molecule has 0 saturated carbocycles. The largest absolute Gasteiger partial charge is 0.297 e. The van der Waals surface area contributed by atoms with Crippen LogP contribution in [0.1, 0.15) is 36.2 Å². The minimum absolute atomic E-state index is 0.434. The van der Waals surface area contributed by atoms with Crippen LogP contribution < -0.4 is 4.72 Å². The first-order chi connectivity index (χ1) is 13.0. The Morgan fingerprint density at radius 1 is 1.15 bits per heavy atom. The van der Waals surface area contributed by atoms with Crippen molar-refractivity contribution in [3.8, 4) is 5.69 Å². The maximum absolute atomic E-state index is 11.3. The number of sulfonamides is 1. The quantitative estimate of drug-likeness (QED) is 0.823. The van der Waals surface area contributed by atoms with Gasteiger partial charge in [-0.05, 0) is 68.8 Å². The van der Waals surface area contributed by atoms with Crippen LogP contribution in [0.25, 0.3) is 5.69 Å². The van der Waals surface area contributed by atoms with Gasteiger partial charge < -0.3 is 0 Å². The number of aromatic nitrogens is 2. The smallest absolute Gasteiger partial charge is 0.208 e. The molecule has 1 aliphatic heterocycles. The maximum atomic E-state index is 11.3. The van der Waals surface area contributed by atoms with Crippen molar-refractivity contribution in [1.29, 1.82) is 0 Å². The molecule has 2 aliphatic rings. The summed E-state index contributed by atoms with van der Waals surface area (Å²) in [7, 11) is -3.09. The Balaban J connectivity index is 1.41. The molecule has 0 radical (unpaired) electrons. The van der Waals surface area contributed by atoms with Crippen molar-refractivity contribution in [2.45, 2.75) is 38.6 Å². The zero-order chi connectivity index (χ0) is 18.9. The van der Waals surface area contributed by atoms with Crippen molar-refractivity contribution in [3.05, 3.63) is 47.3 Å². The molecule has 1 aromatic carbocycles. The standard InChI is InChI=1S/C20H28N4O2S/c1-27(25,26)21-14-16-10-12-23(13-11-16)15-19-18-8-5-9-20(18)24(22-19)17-6-3-2-4-7-17/h2-4,6-7,16,21H,5,8-15H2,1H3. The van der Waals surface area contributed by atoms with E-state index in [1.807, 2.05) is 6.07 Å². The molecule has 27 heavy (non-hydrogen) atoms. The minimum atomic E-state index is -3.09. The van der Waals surface area contributed by atoms with Gasteiger partial charge in [0.2, 0.25) is 10.0 Å². The first kappa shape index (κ1) is 18.7. The molecule has 146 valence electrons. The Morgan fingerprint density at radius 3 is 2.59 bits per heavy atom. The van der Waals surface area contributed by atoms with Crippen LogP contribution in [0.15, 0.2) is 30.3 Å². The van der Waals surface area contributed by atoms with Crippen LogP contribution in [0.2, 0.25) is 0 Å². The van der Waals surface area contributed by atoms with Gasteiger partial charge in [-0.25, -0.2) is 17.8 Å². The number of hydrogen-bond acceptors (Lipinski definition) is 4. The van der Waals surface area contributed by atoms with Crippen LogP contribution in [0, 0.1) is 5.92 Å². The highest BCUT2D eigenvalue weighted by atomic mass is 32.2. The van der Waals surface area contributed by atoms with Gasteiger partial charge in [0.05, 0.1) is 17.6 Å². The summed E-state index contributed by atoms with van der Waals surface area (Å²) >= 11 is 0. The molecule has 0 unspecified atom stereocenters. The lowest BCUT2D eigenvalue weighted by atomic mass is 9.97. The van der Waals surface area contributed by atoms with E-state index in [4.69, 9.17) is 5.10 Å². The Bertz CT molecular complexity index is 884. The molecule has 1 aliphatic carbocycles. The van der Waals surface area contributed by atoms with Crippen molar-refractivity contribution in [2.75, 3.05) is 25.9 Å². The summed E-state index contributed by atoms with van der Waals surface area (Å²) in [6.07, 6.45) is 6.74. The van der Waals surface area contributed by atoms with Gasteiger partial charge in [0.25, 0.3) is 0 Å². The van der Waals surface area contributed by atoms with E-state index in [1.165, 1.54) is 29.6 Å². The normalized spacial score (nSPS) is 18.7. The van der Waals surface area contributed by atoms with E-state index in [1.54, 1.807) is 0 Å². The van der Waals surface area contributed by atoms with E-state index in [-0.39, 0.29) is 0 Å². The second kappa shape index (κ2) is 7.73. The molecule has 0 spiro atoms. The van der Waals surface area contributed by atoms with Gasteiger partial charge in [-0.3, -0.25) is 4.90 Å². The molecule has 0 amide bonds. The first-order valence-electron chi connectivity index (χ1n) is 9.81. The molecule has 6 nitrogen and oxygen atoms in total. The lowest BCUT2D eigenvalue weighted by molar-refractivity contribution is 0.176. The summed E-state index contributed by atoms with van der Waals surface area (Å²) in [5, 5.41) is 4.97. The number of likely N-dealkylation sites (tertiary alicyclic amines) is 1. The number of fused-ring (bicyclic) bond motifs is 1. The van der Waals surface area contributed by atoms with Gasteiger partial charge in [-0.2, -0.15) is 5.10 Å². The number of benzene rings is 1. The topological polar surface area (TPSA) is 67.2 Å². The number of hydrogen-bond donors (Lipinski definition) is 1. The van der Waals surface area contributed by atoms with Crippen molar-refractivity contribution in [1.82, 2.24) is 19.4 Å². The Labute approximate surface area is 161 Å². The third-order valence-corrected chi connectivity index (χ3v) is 6.42. The van der Waals surface area contributed by atoms with E-state index < -0.39 is 10.0 Å². The van der Waals surface area contributed by atoms with Crippen LogP contribution in [0.3, 0.4) is 0 Å². The van der Waals surface area contributed by atoms with Crippen molar-refractivity contribution in [2.24, 2.45) is 5.92 Å². The molecule has 2 aromatic rings. The fourth-order valence-corrected chi connectivity index (χ4v) is 4.79. The Kier molecular flexibility index (Phi) is 5.34. The maximum Gasteiger partial charge on any atom is 0.208 e. The van der Waals surface area contributed by atoms with Crippen LogP contribution in [0.4, 0.5) is 0 Å². The van der Waals surface area contributed by atoms with Gasteiger partial charge in [0.1, 0.15) is 0 Å². The van der Waals surface area contributed by atoms with Gasteiger partial charge in [-0.15, -0.1) is 0 Å². The minimum Gasteiger partial charge on any atom is -0.297 e. The number of rotatable bonds is 6. The fourth-order valence-electron chi connectivity index (χ4n) is 4.25. The third-order valence-electron chi connectivity index (χ3n) is 5.73. The molecule has 1 fully saturated rings. The molecular weight excluding hydrogens is 360 g/mol. The van der Waals surface area contributed by atoms with Crippen LogP contribution in [-0.2, 0) is 29.4 Å². The van der Waals surface area contributed by atoms with Crippen molar-refractivity contribution < 1.29 is 8.42 Å². The molecule has 1 aromatic heterocycles. The predicted octanol–water partition coefficient (Wildman–Crippen LogP) is 2.12. The zero-order valence-electron chi connectivity index (χ0n) is 15.9. The van der Waals surface area contributed by atoms with Gasteiger partial charge >= 0.3 is 0 Å². The van der Waals surface area contributed by atoms with E-state index in [0.717, 1.165) is 51.0 Å².